The molecular formula is C20H24N4O2S. The lowest BCUT2D eigenvalue weighted by atomic mass is 9.96. The number of fused-ring (bicyclic) bond motifs is 1. The zero-order valence-corrected chi connectivity index (χ0v) is 16.8. The summed E-state index contributed by atoms with van der Waals surface area (Å²) in [7, 11) is 0. The zero-order chi connectivity index (χ0) is 19.6. The van der Waals surface area contributed by atoms with Crippen molar-refractivity contribution in [3.63, 3.8) is 0 Å². The molecule has 0 spiro atoms. The second kappa shape index (κ2) is 7.52. The van der Waals surface area contributed by atoms with E-state index in [1.165, 1.54) is 11.3 Å². The monoisotopic (exact) mass is 384 g/mol. The first kappa shape index (κ1) is 19.1. The maximum atomic E-state index is 12.5. The number of rotatable bonds is 5. The van der Waals surface area contributed by atoms with Crippen molar-refractivity contribution in [1.29, 1.82) is 0 Å². The number of imidazole rings is 1. The third kappa shape index (κ3) is 4.54. The van der Waals surface area contributed by atoms with Gasteiger partial charge in [-0.25, -0.2) is 4.98 Å². The summed E-state index contributed by atoms with van der Waals surface area (Å²) in [5.41, 5.74) is 2.29. The van der Waals surface area contributed by atoms with Gasteiger partial charge < -0.3 is 15.6 Å². The fourth-order valence-corrected chi connectivity index (χ4v) is 3.55. The summed E-state index contributed by atoms with van der Waals surface area (Å²) < 4.78 is 0. The summed E-state index contributed by atoms with van der Waals surface area (Å²) in [6, 6.07) is 9.68. The van der Waals surface area contributed by atoms with Gasteiger partial charge in [-0.15, -0.1) is 11.3 Å². The number of aryl methyl sites for hydroxylation is 1. The first-order valence-corrected chi connectivity index (χ1v) is 9.69. The van der Waals surface area contributed by atoms with E-state index in [-0.39, 0.29) is 11.8 Å². The molecule has 0 saturated heterocycles. The molecule has 2 aromatic heterocycles. The van der Waals surface area contributed by atoms with Crippen LogP contribution in [0.25, 0.3) is 11.0 Å². The van der Waals surface area contributed by atoms with E-state index < -0.39 is 5.41 Å². The molecule has 0 aliphatic heterocycles. The number of thiophene rings is 1. The predicted molar refractivity (Wildman–Crippen MR) is 109 cm³/mol. The molecule has 0 atom stereocenters. The number of para-hydroxylation sites is 2. The van der Waals surface area contributed by atoms with E-state index in [4.69, 9.17) is 0 Å². The number of nitrogens with one attached hydrogen (secondary N) is 3. The highest BCUT2D eigenvalue weighted by Crippen LogP contribution is 2.28. The van der Waals surface area contributed by atoms with Crippen molar-refractivity contribution in [2.45, 2.75) is 34.1 Å². The topological polar surface area (TPSA) is 86.9 Å². The van der Waals surface area contributed by atoms with Gasteiger partial charge in [-0.1, -0.05) is 32.9 Å². The van der Waals surface area contributed by atoms with Gasteiger partial charge in [-0.2, -0.15) is 0 Å². The number of H-pyrrole nitrogens is 1. The summed E-state index contributed by atoms with van der Waals surface area (Å²) in [5, 5.41) is 6.50. The molecule has 3 N–H and O–H groups in total. The van der Waals surface area contributed by atoms with Crippen LogP contribution in [0, 0.1) is 12.3 Å². The number of anilines is 1. The summed E-state index contributed by atoms with van der Waals surface area (Å²) >= 11 is 1.29. The minimum Gasteiger partial charge on any atom is -0.351 e. The lowest BCUT2D eigenvalue weighted by molar-refractivity contribution is -0.123. The second-order valence-electron chi connectivity index (χ2n) is 7.53. The number of benzene rings is 1. The normalized spacial score (nSPS) is 11.6. The van der Waals surface area contributed by atoms with Crippen LogP contribution in [0.3, 0.4) is 0 Å². The van der Waals surface area contributed by atoms with Crippen LogP contribution >= 0.6 is 11.3 Å². The molecule has 142 valence electrons. The quantitative estimate of drug-likeness (QED) is 0.624. The van der Waals surface area contributed by atoms with Crippen LogP contribution in [0.4, 0.5) is 5.00 Å². The van der Waals surface area contributed by atoms with Crippen LogP contribution in [0.2, 0.25) is 0 Å². The largest absolute Gasteiger partial charge is 0.351 e. The molecule has 6 nitrogen and oxygen atoms in total. The van der Waals surface area contributed by atoms with Crippen molar-refractivity contribution in [3.8, 4) is 0 Å². The van der Waals surface area contributed by atoms with Crippen LogP contribution in [0.1, 0.15) is 41.8 Å². The Labute approximate surface area is 162 Å². The Kier molecular flexibility index (Phi) is 5.32. The molecule has 3 aromatic rings. The summed E-state index contributed by atoms with van der Waals surface area (Å²) in [4.78, 5) is 33.0. The number of aromatic amines is 1. The molecule has 0 aliphatic rings. The van der Waals surface area contributed by atoms with Gasteiger partial charge in [0.2, 0.25) is 5.91 Å². The molecular weight excluding hydrogens is 360 g/mol. The second-order valence-corrected chi connectivity index (χ2v) is 8.59. The SMILES string of the molecule is Cc1cc(NC(=O)C(C)(C)C)sc1C(=O)NCCc1nc2ccccc2[nH]1. The minimum absolute atomic E-state index is 0.0689. The maximum Gasteiger partial charge on any atom is 0.261 e. The van der Waals surface area contributed by atoms with E-state index in [2.05, 4.69) is 20.6 Å². The van der Waals surface area contributed by atoms with Crippen LogP contribution in [-0.2, 0) is 11.2 Å². The summed E-state index contributed by atoms with van der Waals surface area (Å²) in [5.74, 6) is 0.642. The maximum absolute atomic E-state index is 12.5. The molecule has 0 saturated carbocycles. The third-order valence-electron chi connectivity index (χ3n) is 4.13. The zero-order valence-electron chi connectivity index (χ0n) is 16.0. The van der Waals surface area contributed by atoms with Crippen molar-refractivity contribution < 1.29 is 9.59 Å². The van der Waals surface area contributed by atoms with E-state index >= 15 is 0 Å². The average molecular weight is 385 g/mol. The van der Waals surface area contributed by atoms with Crippen molar-refractivity contribution in [2.24, 2.45) is 5.41 Å². The predicted octanol–water partition coefficient (Wildman–Crippen LogP) is 3.89. The Morgan fingerprint density at radius 2 is 1.96 bits per heavy atom. The molecule has 2 amide bonds. The van der Waals surface area contributed by atoms with E-state index in [0.717, 1.165) is 22.4 Å². The third-order valence-corrected chi connectivity index (χ3v) is 5.28. The average Bonchev–Trinajstić information content (AvgIpc) is 3.16. The Morgan fingerprint density at radius 3 is 2.67 bits per heavy atom. The van der Waals surface area contributed by atoms with Gasteiger partial charge in [-0.3, -0.25) is 9.59 Å². The number of carbonyl (C=O) groups is 2. The molecule has 0 fully saturated rings. The summed E-state index contributed by atoms with van der Waals surface area (Å²) in [6.45, 7) is 7.93. The van der Waals surface area contributed by atoms with Crippen LogP contribution in [0.5, 0.6) is 0 Å². The van der Waals surface area contributed by atoms with Gasteiger partial charge in [0.15, 0.2) is 0 Å². The molecule has 0 bridgehead atoms. The van der Waals surface area contributed by atoms with Crippen LogP contribution < -0.4 is 10.6 Å². The molecule has 3 rings (SSSR count). The Bertz CT molecular complexity index is 948. The Morgan fingerprint density at radius 1 is 1.22 bits per heavy atom. The molecule has 0 unspecified atom stereocenters. The number of amides is 2. The molecule has 2 heterocycles. The van der Waals surface area contributed by atoms with Gasteiger partial charge in [0.05, 0.1) is 20.9 Å². The van der Waals surface area contributed by atoms with Gasteiger partial charge >= 0.3 is 0 Å². The standard InChI is InChI=1S/C20H24N4O2S/c1-12-11-16(24-19(26)20(2,3)4)27-17(12)18(25)21-10-9-15-22-13-7-5-6-8-14(13)23-15/h5-8,11H,9-10H2,1-4H3,(H,21,25)(H,22,23)(H,24,26). The van der Waals surface area contributed by atoms with Crippen molar-refractivity contribution in [3.05, 3.63) is 46.6 Å². The number of hydrogen-bond acceptors (Lipinski definition) is 4. The highest BCUT2D eigenvalue weighted by molar-refractivity contribution is 7.18. The van der Waals surface area contributed by atoms with Gasteiger partial charge in [0.1, 0.15) is 5.82 Å². The lowest BCUT2D eigenvalue weighted by Crippen LogP contribution is -2.27. The smallest absolute Gasteiger partial charge is 0.261 e. The van der Waals surface area contributed by atoms with E-state index in [0.29, 0.717) is 22.8 Å². The van der Waals surface area contributed by atoms with Crippen molar-refractivity contribution >= 4 is 39.2 Å². The van der Waals surface area contributed by atoms with Crippen molar-refractivity contribution in [2.75, 3.05) is 11.9 Å². The molecule has 27 heavy (non-hydrogen) atoms. The minimum atomic E-state index is -0.479. The number of nitrogens with zero attached hydrogens (tertiary/aromatic N) is 1. The van der Waals surface area contributed by atoms with Gasteiger partial charge in [-0.05, 0) is 30.7 Å². The van der Waals surface area contributed by atoms with Crippen LogP contribution in [-0.4, -0.2) is 28.3 Å². The fourth-order valence-electron chi connectivity index (χ4n) is 2.57. The van der Waals surface area contributed by atoms with E-state index in [1.54, 1.807) is 0 Å². The molecule has 0 radical (unpaired) electrons. The van der Waals surface area contributed by atoms with E-state index in [1.807, 2.05) is 58.0 Å². The number of aromatic nitrogens is 2. The van der Waals surface area contributed by atoms with Crippen LogP contribution in [0.15, 0.2) is 30.3 Å². The number of hydrogen-bond donors (Lipinski definition) is 3. The summed E-state index contributed by atoms with van der Waals surface area (Å²) in [6.07, 6.45) is 0.623. The lowest BCUT2D eigenvalue weighted by Gasteiger charge is -2.16. The first-order valence-electron chi connectivity index (χ1n) is 8.88. The Balaban J connectivity index is 1.58. The molecule has 1 aromatic carbocycles. The fraction of sp³-hybridized carbons (Fsp3) is 0.350. The van der Waals surface area contributed by atoms with Gasteiger partial charge in [0.25, 0.3) is 5.91 Å². The number of carbonyl (C=O) groups excluding carboxylic acids is 2. The highest BCUT2D eigenvalue weighted by atomic mass is 32.1. The molecule has 7 heteroatoms. The van der Waals surface area contributed by atoms with Gasteiger partial charge in [0, 0.05) is 18.4 Å². The van der Waals surface area contributed by atoms with Crippen molar-refractivity contribution in [1.82, 2.24) is 15.3 Å². The highest BCUT2D eigenvalue weighted by Gasteiger charge is 2.23. The molecule has 0 aliphatic carbocycles. The van der Waals surface area contributed by atoms with E-state index in [9.17, 15) is 9.59 Å². The first-order chi connectivity index (χ1) is 12.7. The Hall–Kier alpha value is -2.67.